The molecular weight excluding hydrogens is 258 g/mol. The third-order valence-electron chi connectivity index (χ3n) is 3.86. The van der Waals surface area contributed by atoms with Crippen molar-refractivity contribution in [1.82, 2.24) is 15.0 Å². The van der Waals surface area contributed by atoms with Gasteiger partial charge in [0, 0.05) is 12.7 Å². The van der Waals surface area contributed by atoms with Crippen LogP contribution in [0.2, 0.25) is 0 Å². The third-order valence-corrected chi connectivity index (χ3v) is 3.86. The molecule has 0 aromatic carbocycles. The number of carbonyl (C=O) groups excluding carboxylic acids is 1. The van der Waals surface area contributed by atoms with E-state index in [4.69, 9.17) is 4.52 Å². The Morgan fingerprint density at radius 1 is 1.55 bits per heavy atom. The molecule has 2 aromatic heterocycles. The summed E-state index contributed by atoms with van der Waals surface area (Å²) in [4.78, 5) is 18.4. The molecule has 0 saturated carbocycles. The first-order valence-corrected chi connectivity index (χ1v) is 6.84. The summed E-state index contributed by atoms with van der Waals surface area (Å²) >= 11 is 0. The van der Waals surface area contributed by atoms with Crippen LogP contribution in [0.3, 0.4) is 0 Å². The predicted molar refractivity (Wildman–Crippen MR) is 72.3 cm³/mol. The van der Waals surface area contributed by atoms with Crippen molar-refractivity contribution in [2.75, 3.05) is 13.2 Å². The maximum atomic E-state index is 12.6. The van der Waals surface area contributed by atoms with Crippen LogP contribution in [0.15, 0.2) is 16.8 Å². The van der Waals surface area contributed by atoms with Gasteiger partial charge in [0.15, 0.2) is 0 Å². The zero-order valence-corrected chi connectivity index (χ0v) is 11.4. The van der Waals surface area contributed by atoms with E-state index in [9.17, 15) is 9.90 Å². The number of amides is 1. The van der Waals surface area contributed by atoms with Crippen LogP contribution in [0.4, 0.5) is 0 Å². The molecule has 1 unspecified atom stereocenters. The molecule has 1 N–H and O–H groups in total. The Labute approximate surface area is 116 Å². The summed E-state index contributed by atoms with van der Waals surface area (Å²) in [6.45, 7) is 2.51. The third kappa shape index (κ3) is 2.16. The van der Waals surface area contributed by atoms with Gasteiger partial charge < -0.3 is 14.5 Å². The molecule has 1 atom stereocenters. The van der Waals surface area contributed by atoms with E-state index >= 15 is 0 Å². The van der Waals surface area contributed by atoms with E-state index < -0.39 is 0 Å². The van der Waals surface area contributed by atoms with Crippen molar-refractivity contribution in [3.63, 3.8) is 0 Å². The first-order chi connectivity index (χ1) is 9.70. The lowest BCUT2D eigenvalue weighted by atomic mass is 10.0. The molecule has 0 aliphatic carbocycles. The molecule has 6 nitrogen and oxygen atoms in total. The lowest BCUT2D eigenvalue weighted by Crippen LogP contribution is -2.45. The molecule has 3 heterocycles. The van der Waals surface area contributed by atoms with Crippen molar-refractivity contribution < 1.29 is 14.4 Å². The monoisotopic (exact) mass is 275 g/mol. The van der Waals surface area contributed by atoms with Gasteiger partial charge in [0.2, 0.25) is 0 Å². The lowest BCUT2D eigenvalue weighted by molar-refractivity contribution is 0.0503. The number of aryl methyl sites for hydroxylation is 1. The molecule has 1 aliphatic rings. The van der Waals surface area contributed by atoms with Gasteiger partial charge in [0.25, 0.3) is 11.6 Å². The molecule has 1 aliphatic heterocycles. The van der Waals surface area contributed by atoms with Gasteiger partial charge in [-0.05, 0) is 32.3 Å². The molecular formula is C14H17N3O3. The van der Waals surface area contributed by atoms with Gasteiger partial charge in [-0.25, -0.2) is 4.98 Å². The molecule has 1 amide bonds. The maximum Gasteiger partial charge on any atom is 0.257 e. The number of nitrogens with zero attached hydrogens (tertiary/aromatic N) is 3. The topological polar surface area (TPSA) is 79.5 Å². The van der Waals surface area contributed by atoms with Crippen molar-refractivity contribution in [2.45, 2.75) is 32.2 Å². The second-order valence-electron chi connectivity index (χ2n) is 5.18. The summed E-state index contributed by atoms with van der Waals surface area (Å²) < 4.78 is 5.05. The van der Waals surface area contributed by atoms with Crippen LogP contribution in [0.5, 0.6) is 0 Å². The highest BCUT2D eigenvalue weighted by Gasteiger charge is 2.27. The average Bonchev–Trinajstić information content (AvgIpc) is 2.87. The van der Waals surface area contributed by atoms with Crippen molar-refractivity contribution >= 4 is 17.0 Å². The second-order valence-corrected chi connectivity index (χ2v) is 5.18. The number of rotatable bonds is 2. The summed E-state index contributed by atoms with van der Waals surface area (Å²) in [6.07, 6.45) is 4.39. The zero-order valence-electron chi connectivity index (χ0n) is 11.4. The minimum atomic E-state index is -0.0875. The Bertz CT molecular complexity index is 638. The lowest BCUT2D eigenvalue weighted by Gasteiger charge is -2.34. The smallest absolute Gasteiger partial charge is 0.257 e. The highest BCUT2D eigenvalue weighted by molar-refractivity contribution is 5.97. The summed E-state index contributed by atoms with van der Waals surface area (Å²) in [5.74, 6) is -0.0845. The number of pyridine rings is 1. The Kier molecular flexibility index (Phi) is 3.40. The fraction of sp³-hybridized carbons (Fsp3) is 0.500. The average molecular weight is 275 g/mol. The zero-order chi connectivity index (χ0) is 14.1. The highest BCUT2D eigenvalue weighted by Crippen LogP contribution is 2.22. The van der Waals surface area contributed by atoms with Crippen LogP contribution in [-0.4, -0.2) is 45.2 Å². The Morgan fingerprint density at radius 2 is 2.40 bits per heavy atom. The number of fused-ring (bicyclic) bond motifs is 1. The summed E-state index contributed by atoms with van der Waals surface area (Å²) in [6, 6.07) is 1.68. The molecule has 0 spiro atoms. The fourth-order valence-electron chi connectivity index (χ4n) is 2.69. The standard InChI is InChI=1S/C14H17N3O3/c1-9-12-6-10(7-15-13(12)20-16-9)14(19)17-5-3-2-4-11(17)8-18/h6-7,11,18H,2-5,8H2,1H3. The molecule has 3 rings (SSSR count). The van der Waals surface area contributed by atoms with Gasteiger partial charge in [-0.1, -0.05) is 5.16 Å². The molecule has 6 heteroatoms. The van der Waals surface area contributed by atoms with Gasteiger partial charge in [0.05, 0.1) is 29.3 Å². The van der Waals surface area contributed by atoms with E-state index in [0.717, 1.165) is 30.3 Å². The van der Waals surface area contributed by atoms with Crippen LogP contribution < -0.4 is 0 Å². The molecule has 0 radical (unpaired) electrons. The van der Waals surface area contributed by atoms with Crippen LogP contribution in [0.1, 0.15) is 35.3 Å². The van der Waals surface area contributed by atoms with Gasteiger partial charge in [-0.2, -0.15) is 0 Å². The van der Waals surface area contributed by atoms with Crippen molar-refractivity contribution in [3.8, 4) is 0 Å². The van der Waals surface area contributed by atoms with Gasteiger partial charge >= 0.3 is 0 Å². The number of aliphatic hydroxyl groups is 1. The van der Waals surface area contributed by atoms with E-state index in [-0.39, 0.29) is 18.6 Å². The number of aromatic nitrogens is 2. The number of hydrogen-bond donors (Lipinski definition) is 1. The van der Waals surface area contributed by atoms with Crippen molar-refractivity contribution in [2.24, 2.45) is 0 Å². The second kappa shape index (κ2) is 5.20. The normalized spacial score (nSPS) is 19.5. The van der Waals surface area contributed by atoms with Crippen LogP contribution in [0, 0.1) is 6.92 Å². The van der Waals surface area contributed by atoms with Crippen molar-refractivity contribution in [1.29, 1.82) is 0 Å². The van der Waals surface area contributed by atoms with Gasteiger partial charge in [-0.3, -0.25) is 4.79 Å². The number of aliphatic hydroxyl groups excluding tert-OH is 1. The maximum absolute atomic E-state index is 12.6. The Morgan fingerprint density at radius 3 is 3.20 bits per heavy atom. The molecule has 106 valence electrons. The van der Waals surface area contributed by atoms with E-state index in [1.165, 1.54) is 6.20 Å². The minimum Gasteiger partial charge on any atom is -0.394 e. The van der Waals surface area contributed by atoms with Gasteiger partial charge in [-0.15, -0.1) is 0 Å². The van der Waals surface area contributed by atoms with Crippen molar-refractivity contribution in [3.05, 3.63) is 23.5 Å². The first-order valence-electron chi connectivity index (χ1n) is 6.84. The molecule has 1 fully saturated rings. The largest absolute Gasteiger partial charge is 0.394 e. The van der Waals surface area contributed by atoms with Gasteiger partial charge in [0.1, 0.15) is 0 Å². The van der Waals surface area contributed by atoms with E-state index in [0.29, 0.717) is 17.8 Å². The number of likely N-dealkylation sites (tertiary alicyclic amines) is 1. The summed E-state index contributed by atoms with van der Waals surface area (Å²) in [5.41, 5.74) is 1.68. The van der Waals surface area contributed by atoms with E-state index in [1.54, 1.807) is 11.0 Å². The predicted octanol–water partition coefficient (Wildman–Crippen LogP) is 1.52. The number of carbonyl (C=O) groups is 1. The van der Waals surface area contributed by atoms with E-state index in [2.05, 4.69) is 10.1 Å². The number of piperidine rings is 1. The highest BCUT2D eigenvalue weighted by atomic mass is 16.5. The molecule has 1 saturated heterocycles. The molecule has 0 bridgehead atoms. The van der Waals surface area contributed by atoms with Crippen LogP contribution in [0.25, 0.3) is 11.1 Å². The Balaban J connectivity index is 1.92. The first kappa shape index (κ1) is 13.1. The van der Waals surface area contributed by atoms with Crippen LogP contribution in [-0.2, 0) is 0 Å². The summed E-state index contributed by atoms with van der Waals surface area (Å²) in [5, 5.41) is 14.0. The quantitative estimate of drug-likeness (QED) is 0.898. The van der Waals surface area contributed by atoms with E-state index in [1.807, 2.05) is 6.92 Å². The summed E-state index contributed by atoms with van der Waals surface area (Å²) in [7, 11) is 0. The fourth-order valence-corrected chi connectivity index (χ4v) is 2.69. The van der Waals surface area contributed by atoms with Crippen LogP contribution >= 0.6 is 0 Å². The number of hydrogen-bond acceptors (Lipinski definition) is 5. The Hall–Kier alpha value is -1.95. The molecule has 2 aromatic rings. The molecule has 20 heavy (non-hydrogen) atoms. The minimum absolute atomic E-state index is 0.00765. The SMILES string of the molecule is Cc1noc2ncc(C(=O)N3CCCCC3CO)cc12.